The number of carbonyl (C=O) groups excluding carboxylic acids is 1. The van der Waals surface area contributed by atoms with Gasteiger partial charge >= 0.3 is 0 Å². The molecule has 0 aliphatic carbocycles. The van der Waals surface area contributed by atoms with Crippen molar-refractivity contribution in [3.05, 3.63) is 40.6 Å². The van der Waals surface area contributed by atoms with Gasteiger partial charge in [-0.05, 0) is 17.4 Å². The van der Waals surface area contributed by atoms with Gasteiger partial charge < -0.3 is 9.88 Å². The first-order chi connectivity index (χ1) is 8.59. The molecule has 96 valence electrons. The fourth-order valence-corrected chi connectivity index (χ4v) is 2.46. The number of aryl methyl sites for hydroxylation is 1. The minimum Gasteiger partial charge on any atom is -0.342 e. The van der Waals surface area contributed by atoms with Crippen molar-refractivity contribution in [3.63, 3.8) is 0 Å². The van der Waals surface area contributed by atoms with Crippen LogP contribution in [-0.4, -0.2) is 15.5 Å². The molecule has 0 spiro atoms. The average molecular weight is 263 g/mol. The number of aromatic nitrogens is 2. The maximum absolute atomic E-state index is 12.1. The molecule has 0 radical (unpaired) electrons. The van der Waals surface area contributed by atoms with Crippen molar-refractivity contribution >= 4 is 17.2 Å². The molecule has 2 rings (SSSR count). The number of imidazole rings is 1. The summed E-state index contributed by atoms with van der Waals surface area (Å²) >= 11 is 1.52. The quantitative estimate of drug-likeness (QED) is 0.921. The molecule has 0 aromatic carbocycles. The summed E-state index contributed by atoms with van der Waals surface area (Å²) in [5.41, 5.74) is 0.708. The second-order valence-electron chi connectivity index (χ2n) is 4.60. The van der Waals surface area contributed by atoms with E-state index >= 15 is 0 Å². The summed E-state index contributed by atoms with van der Waals surface area (Å²) in [7, 11) is 1.94. The summed E-state index contributed by atoms with van der Waals surface area (Å²) in [4.78, 5) is 16.4. The van der Waals surface area contributed by atoms with Crippen LogP contribution in [-0.2, 0) is 7.05 Å². The van der Waals surface area contributed by atoms with Gasteiger partial charge in [0.25, 0.3) is 5.91 Å². The Hall–Kier alpha value is -1.62. The van der Waals surface area contributed by atoms with Crippen molar-refractivity contribution < 1.29 is 4.79 Å². The Kier molecular flexibility index (Phi) is 3.81. The molecule has 5 heteroatoms. The normalized spacial score (nSPS) is 12.7. The first kappa shape index (κ1) is 12.8. The third-order valence-corrected chi connectivity index (χ3v) is 3.56. The molecule has 0 saturated carbocycles. The highest BCUT2D eigenvalue weighted by Gasteiger charge is 2.22. The molecular weight excluding hydrogens is 246 g/mol. The van der Waals surface area contributed by atoms with Crippen LogP contribution in [0, 0.1) is 5.92 Å². The van der Waals surface area contributed by atoms with Crippen LogP contribution in [0.2, 0.25) is 0 Å². The molecular formula is C13H17N3OS. The van der Waals surface area contributed by atoms with Crippen LogP contribution in [0.5, 0.6) is 0 Å². The van der Waals surface area contributed by atoms with Gasteiger partial charge in [-0.2, -0.15) is 11.3 Å². The number of hydrogen-bond acceptors (Lipinski definition) is 3. The smallest absolute Gasteiger partial charge is 0.252 e. The Labute approximate surface area is 111 Å². The zero-order valence-corrected chi connectivity index (χ0v) is 11.6. The van der Waals surface area contributed by atoms with Crippen LogP contribution >= 0.6 is 11.3 Å². The van der Waals surface area contributed by atoms with Gasteiger partial charge in [-0.25, -0.2) is 4.98 Å². The first-order valence-corrected chi connectivity index (χ1v) is 6.84. The molecule has 4 nitrogen and oxygen atoms in total. The summed E-state index contributed by atoms with van der Waals surface area (Å²) in [6.07, 6.45) is 3.64. The van der Waals surface area contributed by atoms with E-state index in [1.807, 2.05) is 34.6 Å². The van der Waals surface area contributed by atoms with Crippen LogP contribution in [0.4, 0.5) is 0 Å². The Bertz CT molecular complexity index is 516. The van der Waals surface area contributed by atoms with Gasteiger partial charge in [-0.3, -0.25) is 4.79 Å². The zero-order valence-electron chi connectivity index (χ0n) is 10.8. The molecule has 0 aliphatic rings. The molecule has 0 fully saturated rings. The van der Waals surface area contributed by atoms with Crippen LogP contribution in [0.3, 0.4) is 0 Å². The van der Waals surface area contributed by atoms with Crippen molar-refractivity contribution in [2.75, 3.05) is 0 Å². The van der Waals surface area contributed by atoms with E-state index in [-0.39, 0.29) is 17.9 Å². The Morgan fingerprint density at radius 2 is 2.28 bits per heavy atom. The molecule has 18 heavy (non-hydrogen) atoms. The number of rotatable bonds is 4. The topological polar surface area (TPSA) is 46.9 Å². The van der Waals surface area contributed by atoms with Crippen molar-refractivity contribution in [2.24, 2.45) is 13.0 Å². The van der Waals surface area contributed by atoms with Crippen LogP contribution in [0.25, 0.3) is 0 Å². The standard InChI is InChI=1S/C13H17N3OS/c1-9(2)11(12-14-5-6-16(12)3)15-13(17)10-4-7-18-8-10/h4-9,11H,1-3H3,(H,15,17). The van der Waals surface area contributed by atoms with Gasteiger partial charge in [0.05, 0.1) is 11.6 Å². The molecule has 2 aromatic rings. The lowest BCUT2D eigenvalue weighted by Crippen LogP contribution is -2.33. The van der Waals surface area contributed by atoms with Gasteiger partial charge in [-0.1, -0.05) is 13.8 Å². The predicted octanol–water partition coefficient (Wildman–Crippen LogP) is 2.61. The highest BCUT2D eigenvalue weighted by Crippen LogP contribution is 2.20. The van der Waals surface area contributed by atoms with E-state index in [1.54, 1.807) is 6.20 Å². The zero-order chi connectivity index (χ0) is 13.1. The van der Waals surface area contributed by atoms with E-state index in [2.05, 4.69) is 24.1 Å². The molecule has 0 saturated heterocycles. The van der Waals surface area contributed by atoms with E-state index in [9.17, 15) is 4.79 Å². The van der Waals surface area contributed by atoms with Crippen molar-refractivity contribution in [1.82, 2.24) is 14.9 Å². The molecule has 1 unspecified atom stereocenters. The number of nitrogens with one attached hydrogen (secondary N) is 1. The van der Waals surface area contributed by atoms with Crippen LogP contribution in [0.15, 0.2) is 29.2 Å². The van der Waals surface area contributed by atoms with E-state index in [0.29, 0.717) is 5.56 Å². The SMILES string of the molecule is CC(C)C(NC(=O)c1ccsc1)c1nccn1C. The third kappa shape index (κ3) is 2.61. The Morgan fingerprint density at radius 1 is 1.50 bits per heavy atom. The fraction of sp³-hybridized carbons (Fsp3) is 0.385. The maximum atomic E-state index is 12.1. The second-order valence-corrected chi connectivity index (χ2v) is 5.38. The Balaban J connectivity index is 2.18. The molecule has 0 aliphatic heterocycles. The van der Waals surface area contributed by atoms with Crippen LogP contribution < -0.4 is 5.32 Å². The number of hydrogen-bond donors (Lipinski definition) is 1. The summed E-state index contributed by atoms with van der Waals surface area (Å²) < 4.78 is 1.94. The van der Waals surface area contributed by atoms with E-state index in [0.717, 1.165) is 5.82 Å². The van der Waals surface area contributed by atoms with Gasteiger partial charge in [0, 0.05) is 24.8 Å². The lowest BCUT2D eigenvalue weighted by atomic mass is 10.0. The highest BCUT2D eigenvalue weighted by molar-refractivity contribution is 7.08. The number of carbonyl (C=O) groups is 1. The molecule has 2 aromatic heterocycles. The van der Waals surface area contributed by atoms with Crippen LogP contribution in [0.1, 0.15) is 36.1 Å². The Morgan fingerprint density at radius 3 is 2.78 bits per heavy atom. The second kappa shape index (κ2) is 5.35. The van der Waals surface area contributed by atoms with Gasteiger partial charge in [-0.15, -0.1) is 0 Å². The molecule has 0 bridgehead atoms. The monoisotopic (exact) mass is 263 g/mol. The van der Waals surface area contributed by atoms with E-state index < -0.39 is 0 Å². The molecule has 1 atom stereocenters. The average Bonchev–Trinajstić information content (AvgIpc) is 2.96. The minimum atomic E-state index is -0.0719. The molecule has 2 heterocycles. The summed E-state index contributed by atoms with van der Waals surface area (Å²) in [5, 5.41) is 6.80. The predicted molar refractivity (Wildman–Crippen MR) is 72.6 cm³/mol. The number of nitrogens with zero attached hydrogens (tertiary/aromatic N) is 2. The highest BCUT2D eigenvalue weighted by atomic mass is 32.1. The summed E-state index contributed by atoms with van der Waals surface area (Å²) in [6.45, 7) is 4.15. The summed E-state index contributed by atoms with van der Waals surface area (Å²) in [6, 6.07) is 1.76. The van der Waals surface area contributed by atoms with Crippen molar-refractivity contribution in [2.45, 2.75) is 19.9 Å². The summed E-state index contributed by atoms with van der Waals surface area (Å²) in [5.74, 6) is 1.13. The third-order valence-electron chi connectivity index (χ3n) is 2.87. The first-order valence-electron chi connectivity index (χ1n) is 5.90. The van der Waals surface area contributed by atoms with Gasteiger partial charge in [0.1, 0.15) is 5.82 Å². The lowest BCUT2D eigenvalue weighted by Gasteiger charge is -2.21. The molecule has 1 N–H and O–H groups in total. The molecule has 1 amide bonds. The maximum Gasteiger partial charge on any atom is 0.252 e. The van der Waals surface area contributed by atoms with E-state index in [4.69, 9.17) is 0 Å². The number of thiophene rings is 1. The number of amides is 1. The van der Waals surface area contributed by atoms with Gasteiger partial charge in [0.15, 0.2) is 0 Å². The van der Waals surface area contributed by atoms with E-state index in [1.165, 1.54) is 11.3 Å². The lowest BCUT2D eigenvalue weighted by molar-refractivity contribution is 0.0923. The van der Waals surface area contributed by atoms with Crippen molar-refractivity contribution in [1.29, 1.82) is 0 Å². The van der Waals surface area contributed by atoms with Crippen molar-refractivity contribution in [3.8, 4) is 0 Å². The fourth-order valence-electron chi connectivity index (χ4n) is 1.82. The largest absolute Gasteiger partial charge is 0.342 e. The van der Waals surface area contributed by atoms with Gasteiger partial charge in [0.2, 0.25) is 0 Å². The minimum absolute atomic E-state index is 0.0436.